The molecule has 130 valence electrons. The van der Waals surface area contributed by atoms with E-state index in [9.17, 15) is 4.79 Å². The van der Waals surface area contributed by atoms with Crippen molar-refractivity contribution in [3.63, 3.8) is 0 Å². The van der Waals surface area contributed by atoms with E-state index in [2.05, 4.69) is 15.6 Å². The Morgan fingerprint density at radius 1 is 1.08 bits per heavy atom. The van der Waals surface area contributed by atoms with Crippen LogP contribution in [-0.4, -0.2) is 24.1 Å². The molecule has 0 bridgehead atoms. The van der Waals surface area contributed by atoms with Gasteiger partial charge >= 0.3 is 0 Å². The summed E-state index contributed by atoms with van der Waals surface area (Å²) in [6, 6.07) is 11.7. The van der Waals surface area contributed by atoms with Gasteiger partial charge in [0.1, 0.15) is 13.2 Å². The molecule has 1 amide bonds. The largest absolute Gasteiger partial charge is 0.486 e. The topological polar surface area (TPSA) is 72.5 Å². The molecule has 0 radical (unpaired) electrons. The van der Waals surface area contributed by atoms with E-state index in [0.717, 1.165) is 44.8 Å². The third-order valence-electron chi connectivity index (χ3n) is 4.32. The van der Waals surface area contributed by atoms with Crippen LogP contribution in [0, 0.1) is 0 Å². The number of hydrogen-bond donors (Lipinski definition) is 2. The fraction of sp³-hybridized carbons (Fsp3) is 0.158. The summed E-state index contributed by atoms with van der Waals surface area (Å²) in [6.45, 7) is 1.14. The van der Waals surface area contributed by atoms with Crippen LogP contribution >= 0.6 is 11.3 Å². The highest BCUT2D eigenvalue weighted by molar-refractivity contribution is 7.14. The lowest BCUT2D eigenvalue weighted by Crippen LogP contribution is -2.15. The molecule has 0 fully saturated rings. The maximum atomic E-state index is 11.5. The van der Waals surface area contributed by atoms with E-state index in [-0.39, 0.29) is 5.91 Å². The predicted molar refractivity (Wildman–Crippen MR) is 101 cm³/mol. The zero-order chi connectivity index (χ0) is 17.5. The van der Waals surface area contributed by atoms with Crippen LogP contribution in [0.5, 0.6) is 11.5 Å². The second-order valence-electron chi connectivity index (χ2n) is 6.12. The predicted octanol–water partition coefficient (Wildman–Crippen LogP) is 3.82. The first-order chi connectivity index (χ1) is 12.7. The van der Waals surface area contributed by atoms with Crippen molar-refractivity contribution in [2.24, 2.45) is 0 Å². The van der Waals surface area contributed by atoms with Crippen LogP contribution in [0.2, 0.25) is 0 Å². The lowest BCUT2D eigenvalue weighted by Gasteiger charge is -2.18. The lowest BCUT2D eigenvalue weighted by molar-refractivity contribution is -0.115. The van der Waals surface area contributed by atoms with Crippen molar-refractivity contribution in [2.75, 3.05) is 23.8 Å². The molecule has 2 aliphatic heterocycles. The van der Waals surface area contributed by atoms with Gasteiger partial charge in [0.05, 0.1) is 12.1 Å². The molecule has 2 N–H and O–H groups in total. The van der Waals surface area contributed by atoms with Crippen LogP contribution in [0.15, 0.2) is 41.8 Å². The number of nitrogens with zero attached hydrogens (tertiary/aromatic N) is 1. The number of fused-ring (bicyclic) bond motifs is 2. The first-order valence-electron chi connectivity index (χ1n) is 8.30. The molecular weight excluding hydrogens is 350 g/mol. The van der Waals surface area contributed by atoms with Gasteiger partial charge in [-0.3, -0.25) is 4.79 Å². The summed E-state index contributed by atoms with van der Waals surface area (Å²) in [6.07, 6.45) is 0.426. The van der Waals surface area contributed by atoms with E-state index in [1.165, 1.54) is 11.3 Å². The van der Waals surface area contributed by atoms with Gasteiger partial charge in [-0.05, 0) is 29.8 Å². The Morgan fingerprint density at radius 3 is 2.88 bits per heavy atom. The third-order valence-corrected chi connectivity index (χ3v) is 5.08. The number of ether oxygens (including phenoxy) is 2. The second kappa shape index (κ2) is 6.03. The van der Waals surface area contributed by atoms with Crippen molar-refractivity contribution in [1.29, 1.82) is 0 Å². The summed E-state index contributed by atoms with van der Waals surface area (Å²) in [5.74, 6) is 1.55. The second-order valence-corrected chi connectivity index (χ2v) is 6.98. The molecule has 0 saturated carbocycles. The van der Waals surface area contributed by atoms with Gasteiger partial charge < -0.3 is 20.1 Å². The minimum atomic E-state index is 0.0383. The minimum Gasteiger partial charge on any atom is -0.486 e. The number of amides is 1. The van der Waals surface area contributed by atoms with Crippen molar-refractivity contribution in [2.45, 2.75) is 6.42 Å². The number of thiazole rings is 1. The van der Waals surface area contributed by atoms with Gasteiger partial charge in [-0.2, -0.15) is 0 Å². The van der Waals surface area contributed by atoms with Crippen LogP contribution in [0.25, 0.3) is 11.3 Å². The fourth-order valence-corrected chi connectivity index (χ4v) is 3.84. The minimum absolute atomic E-state index is 0.0383. The number of carbonyl (C=O) groups excluding carboxylic acids is 1. The van der Waals surface area contributed by atoms with E-state index in [0.29, 0.717) is 19.6 Å². The number of rotatable bonds is 3. The molecule has 6 nitrogen and oxygen atoms in total. The molecule has 2 aromatic carbocycles. The molecule has 0 unspecified atom stereocenters. The number of hydrogen-bond acceptors (Lipinski definition) is 6. The SMILES string of the molecule is O=C1Cc2cc(-c3csc(Nc4ccc5c(c4)OCCO5)n3)ccc2N1. The van der Waals surface area contributed by atoms with Crippen LogP contribution in [0.1, 0.15) is 5.56 Å². The summed E-state index contributed by atoms with van der Waals surface area (Å²) in [4.78, 5) is 16.2. The molecule has 7 heteroatoms. The maximum Gasteiger partial charge on any atom is 0.228 e. The van der Waals surface area contributed by atoms with Gasteiger partial charge in [0, 0.05) is 28.4 Å². The fourth-order valence-electron chi connectivity index (χ4n) is 3.10. The lowest BCUT2D eigenvalue weighted by atomic mass is 10.1. The van der Waals surface area contributed by atoms with Crippen molar-refractivity contribution in [3.05, 3.63) is 47.3 Å². The Kier molecular flexibility index (Phi) is 3.53. The van der Waals surface area contributed by atoms with Gasteiger partial charge in [-0.1, -0.05) is 6.07 Å². The van der Waals surface area contributed by atoms with E-state index in [1.807, 2.05) is 41.8 Å². The molecular formula is C19H15N3O3S. The van der Waals surface area contributed by atoms with Crippen molar-refractivity contribution >= 4 is 33.8 Å². The van der Waals surface area contributed by atoms with Gasteiger partial charge in [-0.15, -0.1) is 11.3 Å². The summed E-state index contributed by atoms with van der Waals surface area (Å²) in [5, 5.41) is 8.96. The average Bonchev–Trinajstić information content (AvgIpc) is 3.26. The van der Waals surface area contributed by atoms with Crippen molar-refractivity contribution < 1.29 is 14.3 Å². The number of aromatic nitrogens is 1. The molecule has 0 spiro atoms. The van der Waals surface area contributed by atoms with Gasteiger partial charge in [-0.25, -0.2) is 4.98 Å². The highest BCUT2D eigenvalue weighted by atomic mass is 32.1. The van der Waals surface area contributed by atoms with Crippen LogP contribution < -0.4 is 20.1 Å². The Balaban J connectivity index is 1.37. The number of benzene rings is 2. The van der Waals surface area contributed by atoms with Gasteiger partial charge in [0.25, 0.3) is 0 Å². The monoisotopic (exact) mass is 365 g/mol. The van der Waals surface area contributed by atoms with Gasteiger partial charge in [0.15, 0.2) is 16.6 Å². The summed E-state index contributed by atoms with van der Waals surface area (Å²) >= 11 is 1.53. The number of carbonyl (C=O) groups is 1. The smallest absolute Gasteiger partial charge is 0.228 e. The molecule has 1 aromatic heterocycles. The standard InChI is InChI=1S/C19H15N3O3S/c23-18-8-12-7-11(1-3-14(12)21-18)15-10-26-19(22-15)20-13-2-4-16-17(9-13)25-6-5-24-16/h1-4,7,9-10H,5-6,8H2,(H,20,22)(H,21,23). The summed E-state index contributed by atoms with van der Waals surface area (Å²) < 4.78 is 11.2. The first kappa shape index (κ1) is 15.2. The molecule has 0 saturated heterocycles. The molecule has 5 rings (SSSR count). The highest BCUT2D eigenvalue weighted by Crippen LogP contribution is 2.35. The van der Waals surface area contributed by atoms with E-state index >= 15 is 0 Å². The Hall–Kier alpha value is -3.06. The molecule has 0 aliphatic carbocycles. The first-order valence-corrected chi connectivity index (χ1v) is 9.18. The van der Waals surface area contributed by atoms with E-state index in [1.54, 1.807) is 0 Å². The van der Waals surface area contributed by atoms with Crippen molar-refractivity contribution in [3.8, 4) is 22.8 Å². The summed E-state index contributed by atoms with van der Waals surface area (Å²) in [5.41, 5.74) is 4.70. The molecule has 0 atom stereocenters. The average molecular weight is 365 g/mol. The molecule has 2 aliphatic rings. The summed E-state index contributed by atoms with van der Waals surface area (Å²) in [7, 11) is 0. The van der Waals surface area contributed by atoms with Gasteiger partial charge in [0.2, 0.25) is 5.91 Å². The molecule has 26 heavy (non-hydrogen) atoms. The van der Waals surface area contributed by atoms with E-state index in [4.69, 9.17) is 9.47 Å². The molecule has 3 aromatic rings. The normalized spacial score (nSPS) is 14.7. The Bertz CT molecular complexity index is 1020. The zero-order valence-corrected chi connectivity index (χ0v) is 14.6. The zero-order valence-electron chi connectivity index (χ0n) is 13.7. The number of anilines is 3. The van der Waals surface area contributed by atoms with Crippen LogP contribution in [0.3, 0.4) is 0 Å². The van der Waals surface area contributed by atoms with E-state index < -0.39 is 0 Å². The Morgan fingerprint density at radius 2 is 1.96 bits per heavy atom. The Labute approximate surface area is 153 Å². The quantitative estimate of drug-likeness (QED) is 0.738. The number of nitrogens with one attached hydrogen (secondary N) is 2. The van der Waals surface area contributed by atoms with Crippen molar-refractivity contribution in [1.82, 2.24) is 4.98 Å². The molecule has 3 heterocycles. The highest BCUT2D eigenvalue weighted by Gasteiger charge is 2.18. The van der Waals surface area contributed by atoms with Crippen LogP contribution in [0.4, 0.5) is 16.5 Å². The third kappa shape index (κ3) is 2.76. The van der Waals surface area contributed by atoms with Crippen LogP contribution in [-0.2, 0) is 11.2 Å². The maximum absolute atomic E-state index is 11.5.